The van der Waals surface area contributed by atoms with Crippen LogP contribution in [-0.4, -0.2) is 41.8 Å². The third kappa shape index (κ3) is 2.91. The number of nitrogens with zero attached hydrogens (tertiary/aromatic N) is 1. The van der Waals surface area contributed by atoms with E-state index in [2.05, 4.69) is 26.2 Å². The second-order valence-electron chi connectivity index (χ2n) is 4.12. The number of rotatable bonds is 5. The summed E-state index contributed by atoms with van der Waals surface area (Å²) in [5.74, 6) is -1.81. The molecule has 1 heterocycles. The van der Waals surface area contributed by atoms with E-state index in [4.69, 9.17) is 14.6 Å². The van der Waals surface area contributed by atoms with E-state index in [1.807, 2.05) is 0 Å². The molecule has 1 aromatic heterocycles. The van der Waals surface area contributed by atoms with Crippen LogP contribution in [0.3, 0.4) is 0 Å². The highest BCUT2D eigenvalue weighted by Gasteiger charge is 2.42. The molecule has 8 heteroatoms. The molecule has 0 aromatic carbocycles. The summed E-state index contributed by atoms with van der Waals surface area (Å²) in [5, 5.41) is 11.5. The molecule has 0 saturated heterocycles. The molecule has 1 atom stereocenters. The van der Waals surface area contributed by atoms with Crippen molar-refractivity contribution in [3.63, 3.8) is 0 Å². The topological polar surface area (TPSA) is 97.8 Å². The largest absolute Gasteiger partial charge is 0.480 e. The number of amides is 1. The Hall–Kier alpha value is -1.67. The summed E-state index contributed by atoms with van der Waals surface area (Å²) in [6.45, 7) is 2.90. The SMILES string of the molecule is COc1ncc(NC(=O)C(C)(OC)C(=O)O)c(C)c1Br. The normalized spacial score (nSPS) is 13.4. The Morgan fingerprint density at radius 3 is 2.50 bits per heavy atom. The van der Waals surface area contributed by atoms with E-state index in [-0.39, 0.29) is 0 Å². The number of carboxylic acid groups (broad SMARTS) is 1. The zero-order valence-corrected chi connectivity index (χ0v) is 13.1. The monoisotopic (exact) mass is 346 g/mol. The van der Waals surface area contributed by atoms with E-state index in [0.717, 1.165) is 7.11 Å². The Morgan fingerprint density at radius 2 is 2.05 bits per heavy atom. The summed E-state index contributed by atoms with van der Waals surface area (Å²) >= 11 is 3.29. The Balaban J connectivity index is 3.09. The Bertz CT molecular complexity index is 549. The van der Waals surface area contributed by atoms with Crippen LogP contribution >= 0.6 is 15.9 Å². The van der Waals surface area contributed by atoms with E-state index in [1.54, 1.807) is 6.92 Å². The fourth-order valence-electron chi connectivity index (χ4n) is 1.34. The number of hydrogen-bond acceptors (Lipinski definition) is 5. The van der Waals surface area contributed by atoms with Gasteiger partial charge in [0.05, 0.1) is 23.5 Å². The van der Waals surface area contributed by atoms with Gasteiger partial charge in [0, 0.05) is 7.11 Å². The van der Waals surface area contributed by atoms with Gasteiger partial charge >= 0.3 is 5.97 Å². The lowest BCUT2D eigenvalue weighted by Crippen LogP contribution is -2.48. The molecule has 2 N–H and O–H groups in total. The maximum absolute atomic E-state index is 12.0. The maximum atomic E-state index is 12.0. The summed E-state index contributed by atoms with van der Waals surface area (Å²) in [5.41, 5.74) is -0.944. The summed E-state index contributed by atoms with van der Waals surface area (Å²) in [6.07, 6.45) is 1.38. The van der Waals surface area contributed by atoms with Crippen LogP contribution in [0.2, 0.25) is 0 Å². The predicted octanol–water partition coefficient (Wildman–Crippen LogP) is 1.59. The third-order valence-corrected chi connectivity index (χ3v) is 3.86. The van der Waals surface area contributed by atoms with Crippen molar-refractivity contribution in [2.45, 2.75) is 19.4 Å². The minimum atomic E-state index is -1.97. The van der Waals surface area contributed by atoms with Crippen molar-refractivity contribution in [1.82, 2.24) is 4.98 Å². The van der Waals surface area contributed by atoms with Gasteiger partial charge in [-0.25, -0.2) is 9.78 Å². The van der Waals surface area contributed by atoms with Gasteiger partial charge in [-0.2, -0.15) is 0 Å². The standard InChI is InChI=1S/C12H15BrN2O5/c1-6-7(5-14-9(19-3)8(6)13)15-10(16)12(2,20-4)11(17)18/h5H,1-4H3,(H,15,16)(H,17,18). The van der Waals surface area contributed by atoms with Crippen LogP contribution in [0.4, 0.5) is 5.69 Å². The van der Waals surface area contributed by atoms with E-state index in [1.165, 1.54) is 20.2 Å². The molecule has 7 nitrogen and oxygen atoms in total. The molecule has 0 saturated carbocycles. The number of carbonyl (C=O) groups is 2. The predicted molar refractivity (Wildman–Crippen MR) is 74.9 cm³/mol. The molecule has 110 valence electrons. The second kappa shape index (κ2) is 6.19. The molecule has 0 aliphatic carbocycles. The van der Waals surface area contributed by atoms with Crippen molar-refractivity contribution in [1.29, 1.82) is 0 Å². The van der Waals surface area contributed by atoms with Gasteiger partial charge in [0.15, 0.2) is 0 Å². The van der Waals surface area contributed by atoms with Crippen molar-refractivity contribution < 1.29 is 24.2 Å². The first kappa shape index (κ1) is 16.4. The van der Waals surface area contributed by atoms with Crippen LogP contribution in [-0.2, 0) is 14.3 Å². The molecule has 20 heavy (non-hydrogen) atoms. The van der Waals surface area contributed by atoms with Crippen LogP contribution < -0.4 is 10.1 Å². The molecule has 0 bridgehead atoms. The molecular weight excluding hydrogens is 332 g/mol. The van der Waals surface area contributed by atoms with E-state index in [0.29, 0.717) is 21.6 Å². The average molecular weight is 347 g/mol. The van der Waals surface area contributed by atoms with E-state index < -0.39 is 17.5 Å². The summed E-state index contributed by atoms with van der Waals surface area (Å²) in [4.78, 5) is 27.1. The Morgan fingerprint density at radius 1 is 1.45 bits per heavy atom. The number of aromatic nitrogens is 1. The van der Waals surface area contributed by atoms with Crippen molar-refractivity contribution >= 4 is 33.5 Å². The molecule has 1 rings (SSSR count). The van der Waals surface area contributed by atoms with Crippen LogP contribution in [0.15, 0.2) is 10.7 Å². The van der Waals surface area contributed by atoms with Crippen LogP contribution in [0.5, 0.6) is 5.88 Å². The van der Waals surface area contributed by atoms with Gasteiger partial charge in [0.2, 0.25) is 11.5 Å². The number of pyridine rings is 1. The molecule has 0 aliphatic heterocycles. The van der Waals surface area contributed by atoms with Gasteiger partial charge in [-0.05, 0) is 35.3 Å². The molecular formula is C12H15BrN2O5. The number of carboxylic acids is 1. The fraction of sp³-hybridized carbons (Fsp3) is 0.417. The lowest BCUT2D eigenvalue weighted by atomic mass is 10.1. The first-order valence-corrected chi connectivity index (χ1v) is 6.36. The summed E-state index contributed by atoms with van der Waals surface area (Å²) < 4.78 is 10.4. The van der Waals surface area contributed by atoms with Gasteiger partial charge in [-0.1, -0.05) is 0 Å². The number of methoxy groups -OCH3 is 2. The van der Waals surface area contributed by atoms with Gasteiger partial charge in [-0.15, -0.1) is 0 Å². The Labute approximate surface area is 124 Å². The van der Waals surface area contributed by atoms with Crippen LogP contribution in [0, 0.1) is 6.92 Å². The first-order chi connectivity index (χ1) is 9.27. The highest BCUT2D eigenvalue weighted by atomic mass is 79.9. The number of hydrogen-bond donors (Lipinski definition) is 2. The van der Waals surface area contributed by atoms with Gasteiger partial charge in [0.1, 0.15) is 0 Å². The average Bonchev–Trinajstić information content (AvgIpc) is 2.42. The van der Waals surface area contributed by atoms with Crippen molar-refractivity contribution in [3.05, 3.63) is 16.2 Å². The van der Waals surface area contributed by atoms with E-state index in [9.17, 15) is 9.59 Å². The Kier molecular flexibility index (Phi) is 5.07. The molecule has 0 aliphatic rings. The smallest absolute Gasteiger partial charge is 0.345 e. The number of halogens is 1. The van der Waals surface area contributed by atoms with Crippen molar-refractivity contribution in [2.75, 3.05) is 19.5 Å². The molecule has 1 aromatic rings. The third-order valence-electron chi connectivity index (χ3n) is 2.92. The van der Waals surface area contributed by atoms with Crippen molar-refractivity contribution in [2.24, 2.45) is 0 Å². The van der Waals surface area contributed by atoms with Gasteiger partial charge in [0.25, 0.3) is 5.91 Å². The highest BCUT2D eigenvalue weighted by molar-refractivity contribution is 9.10. The van der Waals surface area contributed by atoms with Crippen LogP contribution in [0.25, 0.3) is 0 Å². The number of nitrogens with one attached hydrogen (secondary N) is 1. The van der Waals surface area contributed by atoms with Crippen molar-refractivity contribution in [3.8, 4) is 5.88 Å². The minimum absolute atomic E-state index is 0.368. The fourth-order valence-corrected chi connectivity index (χ4v) is 1.82. The lowest BCUT2D eigenvalue weighted by molar-refractivity contribution is -0.165. The number of carbonyl (C=O) groups excluding carboxylic acids is 1. The molecule has 0 spiro atoms. The number of ether oxygens (including phenoxy) is 2. The zero-order chi connectivity index (χ0) is 15.5. The summed E-state index contributed by atoms with van der Waals surface area (Å²) in [7, 11) is 2.62. The van der Waals surface area contributed by atoms with Gasteiger partial charge in [-0.3, -0.25) is 4.79 Å². The number of aliphatic carboxylic acids is 1. The minimum Gasteiger partial charge on any atom is -0.480 e. The van der Waals surface area contributed by atoms with Crippen LogP contribution in [0.1, 0.15) is 12.5 Å². The highest BCUT2D eigenvalue weighted by Crippen LogP contribution is 2.31. The quantitative estimate of drug-likeness (QED) is 0.785. The molecule has 1 unspecified atom stereocenters. The first-order valence-electron chi connectivity index (χ1n) is 5.57. The maximum Gasteiger partial charge on any atom is 0.345 e. The zero-order valence-electron chi connectivity index (χ0n) is 11.5. The molecule has 0 fully saturated rings. The summed E-state index contributed by atoms with van der Waals surface area (Å²) in [6, 6.07) is 0. The molecule has 0 radical (unpaired) electrons. The number of anilines is 1. The van der Waals surface area contributed by atoms with E-state index >= 15 is 0 Å². The van der Waals surface area contributed by atoms with Gasteiger partial charge < -0.3 is 19.9 Å². The molecule has 1 amide bonds. The lowest BCUT2D eigenvalue weighted by Gasteiger charge is -2.22. The second-order valence-corrected chi connectivity index (χ2v) is 4.91.